The highest BCUT2D eigenvalue weighted by molar-refractivity contribution is 5.94. The predicted octanol–water partition coefficient (Wildman–Crippen LogP) is 1.05. The monoisotopic (exact) mass is 304 g/mol. The number of aliphatic hydroxyl groups excluding tert-OH is 1. The van der Waals surface area contributed by atoms with Gasteiger partial charge in [0.1, 0.15) is 0 Å². The third-order valence-electron chi connectivity index (χ3n) is 4.38. The van der Waals surface area contributed by atoms with Crippen LogP contribution < -0.4 is 4.90 Å². The third-order valence-corrected chi connectivity index (χ3v) is 4.38. The molecular formula is C17H24N2O3. The molecule has 1 amide bonds. The Morgan fingerprint density at radius 2 is 2.18 bits per heavy atom. The largest absolute Gasteiger partial charge is 0.389 e. The summed E-state index contributed by atoms with van der Waals surface area (Å²) in [6.45, 7) is 3.87. The van der Waals surface area contributed by atoms with Crippen LogP contribution in [0.25, 0.3) is 0 Å². The Labute approximate surface area is 131 Å². The van der Waals surface area contributed by atoms with E-state index in [0.29, 0.717) is 32.7 Å². The maximum absolute atomic E-state index is 12.6. The average molecular weight is 304 g/mol. The first-order chi connectivity index (χ1) is 10.7. The molecule has 0 saturated carbocycles. The number of carbonyl (C=O) groups is 1. The fraction of sp³-hybridized carbons (Fsp3) is 0.588. The molecule has 1 aromatic carbocycles. The van der Waals surface area contributed by atoms with Crippen LogP contribution in [0.15, 0.2) is 24.3 Å². The molecule has 0 radical (unpaired) electrons. The van der Waals surface area contributed by atoms with E-state index in [1.165, 1.54) is 5.56 Å². The van der Waals surface area contributed by atoms with Gasteiger partial charge in [-0.1, -0.05) is 18.2 Å². The summed E-state index contributed by atoms with van der Waals surface area (Å²) in [5.74, 6) is 0.173. The van der Waals surface area contributed by atoms with Crippen LogP contribution in [-0.2, 0) is 16.0 Å². The Balaban J connectivity index is 1.58. The van der Waals surface area contributed by atoms with Gasteiger partial charge in [-0.05, 0) is 24.5 Å². The highest BCUT2D eigenvalue weighted by Crippen LogP contribution is 2.27. The summed E-state index contributed by atoms with van der Waals surface area (Å²) in [7, 11) is 0. The van der Waals surface area contributed by atoms with Gasteiger partial charge in [0.05, 0.1) is 19.3 Å². The fourth-order valence-electron chi connectivity index (χ4n) is 3.24. The van der Waals surface area contributed by atoms with Crippen molar-refractivity contribution in [2.45, 2.75) is 25.4 Å². The molecule has 1 aromatic rings. The van der Waals surface area contributed by atoms with Gasteiger partial charge in [-0.15, -0.1) is 0 Å². The minimum atomic E-state index is -0.451. The zero-order valence-electron chi connectivity index (χ0n) is 12.9. The van der Waals surface area contributed by atoms with Gasteiger partial charge in [0, 0.05) is 38.3 Å². The molecule has 0 aliphatic carbocycles. The Bertz CT molecular complexity index is 520. The van der Waals surface area contributed by atoms with Crippen LogP contribution in [0.3, 0.4) is 0 Å². The number of β-amino-alcohol motifs (C(OH)–C–C–N with tert-alkyl or cyclic N) is 1. The van der Waals surface area contributed by atoms with Crippen molar-refractivity contribution >= 4 is 11.6 Å². The van der Waals surface area contributed by atoms with E-state index in [2.05, 4.69) is 11.0 Å². The zero-order valence-corrected chi connectivity index (χ0v) is 12.9. The quantitative estimate of drug-likeness (QED) is 0.907. The molecule has 1 atom stereocenters. The molecule has 22 heavy (non-hydrogen) atoms. The lowest BCUT2D eigenvalue weighted by Crippen LogP contribution is -2.39. The predicted molar refractivity (Wildman–Crippen MR) is 85.0 cm³/mol. The first-order valence-corrected chi connectivity index (χ1v) is 8.10. The molecule has 1 unspecified atom stereocenters. The Morgan fingerprint density at radius 3 is 3.09 bits per heavy atom. The SMILES string of the molecule is O=C(CCN1CCOCC(O)C1)N1CCCc2ccccc21. The first-order valence-electron chi connectivity index (χ1n) is 8.10. The number of fused-ring (bicyclic) bond motifs is 1. The highest BCUT2D eigenvalue weighted by atomic mass is 16.5. The molecule has 1 saturated heterocycles. The Hall–Kier alpha value is -1.43. The Kier molecular flexibility index (Phi) is 5.08. The van der Waals surface area contributed by atoms with Crippen molar-refractivity contribution in [3.63, 3.8) is 0 Å². The molecule has 2 aliphatic rings. The third kappa shape index (κ3) is 3.66. The number of hydrogen-bond donors (Lipinski definition) is 1. The number of aliphatic hydroxyl groups is 1. The van der Waals surface area contributed by atoms with Crippen molar-refractivity contribution in [2.75, 3.05) is 44.3 Å². The van der Waals surface area contributed by atoms with Crippen molar-refractivity contribution < 1.29 is 14.6 Å². The zero-order chi connectivity index (χ0) is 15.4. The number of aryl methyl sites for hydroxylation is 1. The van der Waals surface area contributed by atoms with Crippen molar-refractivity contribution in [1.29, 1.82) is 0 Å². The lowest BCUT2D eigenvalue weighted by atomic mass is 10.0. The van der Waals surface area contributed by atoms with E-state index in [9.17, 15) is 9.90 Å². The van der Waals surface area contributed by atoms with E-state index in [1.54, 1.807) is 0 Å². The second-order valence-corrected chi connectivity index (χ2v) is 6.06. The lowest BCUT2D eigenvalue weighted by Gasteiger charge is -2.30. The van der Waals surface area contributed by atoms with E-state index in [-0.39, 0.29) is 5.91 Å². The fourth-order valence-corrected chi connectivity index (χ4v) is 3.24. The summed E-state index contributed by atoms with van der Waals surface area (Å²) in [6, 6.07) is 8.17. The van der Waals surface area contributed by atoms with Gasteiger partial charge in [-0.2, -0.15) is 0 Å². The summed E-state index contributed by atoms with van der Waals surface area (Å²) in [5, 5.41) is 9.74. The number of rotatable bonds is 3. The number of para-hydroxylation sites is 1. The molecule has 3 rings (SSSR count). The van der Waals surface area contributed by atoms with E-state index in [0.717, 1.165) is 31.6 Å². The lowest BCUT2D eigenvalue weighted by molar-refractivity contribution is -0.119. The second kappa shape index (κ2) is 7.22. The maximum Gasteiger partial charge on any atom is 0.228 e. The standard InChI is InChI=1S/C17H24N2O3/c20-15-12-18(10-11-22-13-15)9-7-17(21)19-8-3-5-14-4-1-2-6-16(14)19/h1-2,4,6,15,20H,3,5,7-13H2. The molecule has 5 nitrogen and oxygen atoms in total. The van der Waals surface area contributed by atoms with Crippen molar-refractivity contribution in [3.05, 3.63) is 29.8 Å². The molecule has 1 fully saturated rings. The summed E-state index contributed by atoms with van der Waals surface area (Å²) in [5.41, 5.74) is 2.33. The number of amides is 1. The molecule has 0 aromatic heterocycles. The second-order valence-electron chi connectivity index (χ2n) is 6.06. The summed E-state index contributed by atoms with van der Waals surface area (Å²) >= 11 is 0. The minimum absolute atomic E-state index is 0.173. The van der Waals surface area contributed by atoms with Crippen LogP contribution in [0.5, 0.6) is 0 Å². The van der Waals surface area contributed by atoms with E-state index in [4.69, 9.17) is 4.74 Å². The van der Waals surface area contributed by atoms with E-state index in [1.807, 2.05) is 23.1 Å². The topological polar surface area (TPSA) is 53.0 Å². The van der Waals surface area contributed by atoms with Gasteiger partial charge in [-0.25, -0.2) is 0 Å². The minimum Gasteiger partial charge on any atom is -0.389 e. The van der Waals surface area contributed by atoms with Gasteiger partial charge >= 0.3 is 0 Å². The van der Waals surface area contributed by atoms with Crippen LogP contribution in [-0.4, -0.2) is 61.4 Å². The molecule has 2 heterocycles. The molecule has 5 heteroatoms. The van der Waals surface area contributed by atoms with Crippen LogP contribution in [0.1, 0.15) is 18.4 Å². The molecule has 2 aliphatic heterocycles. The van der Waals surface area contributed by atoms with E-state index >= 15 is 0 Å². The summed E-state index contributed by atoms with van der Waals surface area (Å²) < 4.78 is 5.32. The summed E-state index contributed by atoms with van der Waals surface area (Å²) in [4.78, 5) is 16.6. The van der Waals surface area contributed by atoms with Crippen molar-refractivity contribution in [3.8, 4) is 0 Å². The number of benzene rings is 1. The van der Waals surface area contributed by atoms with Crippen LogP contribution >= 0.6 is 0 Å². The van der Waals surface area contributed by atoms with Gasteiger partial charge in [0.25, 0.3) is 0 Å². The number of hydrogen-bond acceptors (Lipinski definition) is 4. The first kappa shape index (κ1) is 15.5. The maximum atomic E-state index is 12.6. The number of anilines is 1. The highest BCUT2D eigenvalue weighted by Gasteiger charge is 2.23. The molecule has 120 valence electrons. The smallest absolute Gasteiger partial charge is 0.228 e. The van der Waals surface area contributed by atoms with Crippen LogP contribution in [0.4, 0.5) is 5.69 Å². The molecular weight excluding hydrogens is 280 g/mol. The number of ether oxygens (including phenoxy) is 1. The van der Waals surface area contributed by atoms with Crippen LogP contribution in [0, 0.1) is 0 Å². The Morgan fingerprint density at radius 1 is 1.32 bits per heavy atom. The van der Waals surface area contributed by atoms with Gasteiger partial charge in [-0.3, -0.25) is 9.69 Å². The average Bonchev–Trinajstić information content (AvgIpc) is 2.76. The molecule has 0 bridgehead atoms. The van der Waals surface area contributed by atoms with Crippen molar-refractivity contribution in [1.82, 2.24) is 4.90 Å². The van der Waals surface area contributed by atoms with Crippen molar-refractivity contribution in [2.24, 2.45) is 0 Å². The molecule has 0 spiro atoms. The number of carbonyl (C=O) groups excluding carboxylic acids is 1. The normalized spacial score (nSPS) is 23.0. The van der Waals surface area contributed by atoms with Crippen LogP contribution in [0.2, 0.25) is 0 Å². The summed E-state index contributed by atoms with van der Waals surface area (Å²) in [6.07, 6.45) is 2.11. The van der Waals surface area contributed by atoms with Gasteiger partial charge in [0.15, 0.2) is 0 Å². The number of nitrogens with zero attached hydrogens (tertiary/aromatic N) is 2. The van der Waals surface area contributed by atoms with Gasteiger partial charge < -0.3 is 14.7 Å². The molecule has 1 N–H and O–H groups in total. The van der Waals surface area contributed by atoms with Gasteiger partial charge in [0.2, 0.25) is 5.91 Å². The van der Waals surface area contributed by atoms with E-state index < -0.39 is 6.10 Å².